The van der Waals surface area contributed by atoms with Gasteiger partial charge >= 0.3 is 6.03 Å². The Morgan fingerprint density at radius 2 is 2.38 bits per heavy atom. The Morgan fingerprint density at radius 3 is 3.19 bits per heavy atom. The molecule has 0 spiro atoms. The summed E-state index contributed by atoms with van der Waals surface area (Å²) in [6.45, 7) is 0. The Balaban J connectivity index is 2.01. The number of hydrogen-bond acceptors (Lipinski definition) is 3. The Kier molecular flexibility index (Phi) is 1.86. The van der Waals surface area contributed by atoms with E-state index in [1.165, 1.54) is 0 Å². The smallest absolute Gasteiger partial charge is 0.320 e. The van der Waals surface area contributed by atoms with Crippen molar-refractivity contribution in [2.45, 2.75) is 12.5 Å². The van der Waals surface area contributed by atoms with Crippen LogP contribution in [-0.2, 0) is 6.42 Å². The molecule has 16 heavy (non-hydrogen) atoms. The number of methoxy groups -OCH3 is 1. The maximum atomic E-state index is 11.2. The van der Waals surface area contributed by atoms with E-state index < -0.39 is 0 Å². The van der Waals surface area contributed by atoms with Gasteiger partial charge in [0.1, 0.15) is 11.6 Å². The Bertz CT molecular complexity index is 496. The van der Waals surface area contributed by atoms with E-state index in [1.807, 2.05) is 18.2 Å². The quantitative estimate of drug-likeness (QED) is 0.736. The fourth-order valence-electron chi connectivity index (χ4n) is 2.03. The highest BCUT2D eigenvalue weighted by atomic mass is 16.5. The fraction of sp³-hybridized carbons (Fsp3) is 0.273. The van der Waals surface area contributed by atoms with Gasteiger partial charge in [-0.15, -0.1) is 0 Å². The zero-order valence-electron chi connectivity index (χ0n) is 8.78. The standard InChI is InChI=1S/C11H11N3O2/c1-16-7-2-3-8-6(4-7)5-9-10(12-8)14-11(15)13-9/h2-4,9H,5H2,1H3,(H2,12,13,14,15). The minimum Gasteiger partial charge on any atom is -0.497 e. The van der Waals surface area contributed by atoms with Crippen LogP contribution in [0.4, 0.5) is 10.5 Å². The fourth-order valence-corrected chi connectivity index (χ4v) is 2.03. The van der Waals surface area contributed by atoms with Gasteiger partial charge in [-0.2, -0.15) is 0 Å². The van der Waals surface area contributed by atoms with Crippen molar-refractivity contribution in [2.24, 2.45) is 4.99 Å². The van der Waals surface area contributed by atoms with Crippen LogP contribution in [0.15, 0.2) is 23.2 Å². The van der Waals surface area contributed by atoms with Crippen LogP contribution < -0.4 is 15.4 Å². The first-order chi connectivity index (χ1) is 7.76. The van der Waals surface area contributed by atoms with Crippen LogP contribution in [-0.4, -0.2) is 25.0 Å². The third-order valence-electron chi connectivity index (χ3n) is 2.83. The summed E-state index contributed by atoms with van der Waals surface area (Å²) in [5.41, 5.74) is 1.99. The second-order valence-corrected chi connectivity index (χ2v) is 3.85. The summed E-state index contributed by atoms with van der Waals surface area (Å²) in [6, 6.07) is 5.53. The predicted octanol–water partition coefficient (Wildman–Crippen LogP) is 0.963. The van der Waals surface area contributed by atoms with E-state index >= 15 is 0 Å². The van der Waals surface area contributed by atoms with Crippen molar-refractivity contribution in [2.75, 3.05) is 7.11 Å². The summed E-state index contributed by atoms with van der Waals surface area (Å²) in [5.74, 6) is 1.53. The van der Waals surface area contributed by atoms with Crippen LogP contribution in [0.1, 0.15) is 5.56 Å². The van der Waals surface area contributed by atoms with Gasteiger partial charge in [0.15, 0.2) is 0 Å². The van der Waals surface area contributed by atoms with Gasteiger partial charge in [0.2, 0.25) is 0 Å². The SMILES string of the molecule is COc1ccc2c(c1)CC1NC(=O)NC1=N2. The van der Waals surface area contributed by atoms with Gasteiger partial charge < -0.3 is 10.1 Å². The van der Waals surface area contributed by atoms with Crippen LogP contribution in [0.3, 0.4) is 0 Å². The number of nitrogens with zero attached hydrogens (tertiary/aromatic N) is 1. The number of hydrogen-bond donors (Lipinski definition) is 2. The molecule has 0 bridgehead atoms. The molecule has 1 aromatic rings. The number of carbonyl (C=O) groups excluding carboxylic acids is 1. The van der Waals surface area contributed by atoms with E-state index in [9.17, 15) is 4.79 Å². The van der Waals surface area contributed by atoms with Crippen molar-refractivity contribution in [3.8, 4) is 5.75 Å². The molecule has 2 heterocycles. The molecule has 1 atom stereocenters. The van der Waals surface area contributed by atoms with Crippen LogP contribution in [0, 0.1) is 0 Å². The molecule has 1 saturated heterocycles. The van der Waals surface area contributed by atoms with E-state index in [4.69, 9.17) is 4.74 Å². The molecule has 2 amide bonds. The average Bonchev–Trinajstić information content (AvgIpc) is 2.64. The molecule has 5 heteroatoms. The number of fused-ring (bicyclic) bond motifs is 2. The molecule has 0 aliphatic carbocycles. The lowest BCUT2D eigenvalue weighted by Gasteiger charge is -2.18. The summed E-state index contributed by atoms with van der Waals surface area (Å²) in [5, 5.41) is 5.51. The third-order valence-corrected chi connectivity index (χ3v) is 2.83. The van der Waals surface area contributed by atoms with Crippen molar-refractivity contribution in [1.82, 2.24) is 10.6 Å². The lowest BCUT2D eigenvalue weighted by Crippen LogP contribution is -2.33. The molecule has 3 rings (SSSR count). The van der Waals surface area contributed by atoms with Gasteiger partial charge in [0.25, 0.3) is 0 Å². The molecule has 0 radical (unpaired) electrons. The van der Waals surface area contributed by atoms with E-state index in [-0.39, 0.29) is 12.1 Å². The van der Waals surface area contributed by atoms with Gasteiger partial charge in [0.05, 0.1) is 18.8 Å². The number of urea groups is 1. The highest BCUT2D eigenvalue weighted by Gasteiger charge is 2.31. The Morgan fingerprint density at radius 1 is 1.50 bits per heavy atom. The summed E-state index contributed by atoms with van der Waals surface area (Å²) in [7, 11) is 1.64. The van der Waals surface area contributed by atoms with Crippen molar-refractivity contribution in [3.63, 3.8) is 0 Å². The number of ether oxygens (including phenoxy) is 1. The van der Waals surface area contributed by atoms with Gasteiger partial charge in [-0.3, -0.25) is 5.32 Å². The highest BCUT2D eigenvalue weighted by Crippen LogP contribution is 2.29. The zero-order valence-corrected chi connectivity index (χ0v) is 8.78. The van der Waals surface area contributed by atoms with Crippen molar-refractivity contribution >= 4 is 17.6 Å². The highest BCUT2D eigenvalue weighted by molar-refractivity contribution is 6.09. The van der Waals surface area contributed by atoms with E-state index in [0.29, 0.717) is 5.84 Å². The van der Waals surface area contributed by atoms with E-state index in [1.54, 1.807) is 7.11 Å². The largest absolute Gasteiger partial charge is 0.497 e. The molecule has 2 aliphatic rings. The molecule has 1 fully saturated rings. The van der Waals surface area contributed by atoms with Crippen molar-refractivity contribution in [3.05, 3.63) is 23.8 Å². The van der Waals surface area contributed by atoms with Crippen LogP contribution in [0.2, 0.25) is 0 Å². The predicted molar refractivity (Wildman–Crippen MR) is 59.2 cm³/mol. The average molecular weight is 217 g/mol. The van der Waals surface area contributed by atoms with Gasteiger partial charge in [-0.05, 0) is 23.8 Å². The lowest BCUT2D eigenvalue weighted by atomic mass is 10.0. The lowest BCUT2D eigenvalue weighted by molar-refractivity contribution is 0.248. The number of rotatable bonds is 1. The van der Waals surface area contributed by atoms with Crippen molar-refractivity contribution in [1.29, 1.82) is 0 Å². The normalized spacial score (nSPS) is 21.4. The molecule has 82 valence electrons. The number of amides is 2. The molecule has 1 aromatic carbocycles. The second kappa shape index (κ2) is 3.23. The van der Waals surface area contributed by atoms with Gasteiger partial charge in [-0.1, -0.05) is 0 Å². The molecule has 0 aromatic heterocycles. The Labute approximate surface area is 92.5 Å². The molecule has 2 aliphatic heterocycles. The molecular formula is C11H11N3O2. The summed E-state index contributed by atoms with van der Waals surface area (Å²) >= 11 is 0. The minimum atomic E-state index is -0.177. The third kappa shape index (κ3) is 1.32. The number of aliphatic imine (C=N–C) groups is 1. The van der Waals surface area contributed by atoms with Crippen LogP contribution in [0.25, 0.3) is 0 Å². The molecule has 1 unspecified atom stereocenters. The first-order valence-electron chi connectivity index (χ1n) is 5.09. The monoisotopic (exact) mass is 217 g/mol. The number of carbonyl (C=O) groups is 1. The minimum absolute atomic E-state index is 0.0212. The van der Waals surface area contributed by atoms with Crippen LogP contribution in [0.5, 0.6) is 5.75 Å². The van der Waals surface area contributed by atoms with Gasteiger partial charge in [-0.25, -0.2) is 9.79 Å². The number of nitrogens with one attached hydrogen (secondary N) is 2. The van der Waals surface area contributed by atoms with Crippen molar-refractivity contribution < 1.29 is 9.53 Å². The Hall–Kier alpha value is -2.04. The first kappa shape index (κ1) is 9.21. The summed E-state index contributed by atoms with van der Waals surface area (Å²) < 4.78 is 5.16. The summed E-state index contributed by atoms with van der Waals surface area (Å²) in [6.07, 6.45) is 0.754. The van der Waals surface area contributed by atoms with Gasteiger partial charge in [0, 0.05) is 6.42 Å². The first-order valence-corrected chi connectivity index (χ1v) is 5.09. The van der Waals surface area contributed by atoms with E-state index in [2.05, 4.69) is 15.6 Å². The maximum Gasteiger partial charge on any atom is 0.320 e. The van der Waals surface area contributed by atoms with Crippen LogP contribution >= 0.6 is 0 Å². The summed E-state index contributed by atoms with van der Waals surface area (Å²) in [4.78, 5) is 15.6. The molecule has 2 N–H and O–H groups in total. The maximum absolute atomic E-state index is 11.2. The molecular weight excluding hydrogens is 206 g/mol. The number of amidine groups is 1. The van der Waals surface area contributed by atoms with E-state index in [0.717, 1.165) is 23.4 Å². The molecule has 5 nitrogen and oxygen atoms in total. The zero-order chi connectivity index (χ0) is 11.1. The molecule has 0 saturated carbocycles. The number of benzene rings is 1. The topological polar surface area (TPSA) is 62.7 Å². The second-order valence-electron chi connectivity index (χ2n) is 3.85.